The van der Waals surface area contributed by atoms with Crippen LogP contribution in [0.15, 0.2) is 18.2 Å². The molecule has 0 saturated carbocycles. The van der Waals surface area contributed by atoms with E-state index in [9.17, 15) is 0 Å². The normalized spacial score (nSPS) is 9.23. The maximum atomic E-state index is 2.26. The van der Waals surface area contributed by atoms with E-state index >= 15 is 0 Å². The van der Waals surface area contributed by atoms with Crippen molar-refractivity contribution < 1.29 is 0 Å². The van der Waals surface area contributed by atoms with Crippen molar-refractivity contribution in [2.75, 3.05) is 18.5 Å². The van der Waals surface area contributed by atoms with Gasteiger partial charge < -0.3 is 4.90 Å². The standard InChI is InChI=1S/C11H17N.CH4/c1-5-12(4)11-7-6-9(2)8-10(11)3;/h6-8H,5H2,1-4H3;1H4. The minimum absolute atomic E-state index is 0. The van der Waals surface area contributed by atoms with Crippen LogP contribution >= 0.6 is 0 Å². The third-order valence-electron chi connectivity index (χ3n) is 2.24. The van der Waals surface area contributed by atoms with Gasteiger partial charge in [0, 0.05) is 19.3 Å². The third kappa shape index (κ3) is 2.76. The summed E-state index contributed by atoms with van der Waals surface area (Å²) in [6.45, 7) is 7.51. The molecule has 13 heavy (non-hydrogen) atoms. The van der Waals surface area contributed by atoms with Crippen molar-refractivity contribution in [2.45, 2.75) is 28.2 Å². The van der Waals surface area contributed by atoms with Gasteiger partial charge in [0.25, 0.3) is 0 Å². The first-order valence-electron chi connectivity index (χ1n) is 4.43. The molecule has 0 aliphatic carbocycles. The molecule has 0 bridgehead atoms. The molecular formula is C12H21N. The Kier molecular flexibility index (Phi) is 4.53. The average molecular weight is 179 g/mol. The Hall–Kier alpha value is -0.980. The largest absolute Gasteiger partial charge is 0.375 e. The Morgan fingerprint density at radius 1 is 1.23 bits per heavy atom. The summed E-state index contributed by atoms with van der Waals surface area (Å²) in [7, 11) is 2.12. The van der Waals surface area contributed by atoms with E-state index in [0.29, 0.717) is 0 Å². The third-order valence-corrected chi connectivity index (χ3v) is 2.24. The molecule has 0 radical (unpaired) electrons. The molecule has 1 heteroatoms. The van der Waals surface area contributed by atoms with Crippen LogP contribution in [-0.2, 0) is 0 Å². The van der Waals surface area contributed by atoms with Gasteiger partial charge in [0.2, 0.25) is 0 Å². The van der Waals surface area contributed by atoms with Crippen LogP contribution in [0.5, 0.6) is 0 Å². The van der Waals surface area contributed by atoms with E-state index in [2.05, 4.69) is 50.9 Å². The van der Waals surface area contributed by atoms with Crippen LogP contribution in [0.3, 0.4) is 0 Å². The minimum Gasteiger partial charge on any atom is -0.375 e. The summed E-state index contributed by atoms with van der Waals surface area (Å²) in [6.07, 6.45) is 0. The highest BCUT2D eigenvalue weighted by Crippen LogP contribution is 2.19. The average Bonchev–Trinajstić information content (AvgIpc) is 2.03. The first-order valence-corrected chi connectivity index (χ1v) is 4.43. The Morgan fingerprint density at radius 3 is 2.31 bits per heavy atom. The van der Waals surface area contributed by atoms with Gasteiger partial charge in [-0.05, 0) is 32.4 Å². The molecule has 74 valence electrons. The van der Waals surface area contributed by atoms with Crippen molar-refractivity contribution in [3.05, 3.63) is 29.3 Å². The molecule has 1 aromatic rings. The van der Waals surface area contributed by atoms with Crippen molar-refractivity contribution >= 4 is 5.69 Å². The number of rotatable bonds is 2. The second-order valence-electron chi connectivity index (χ2n) is 3.30. The summed E-state index contributed by atoms with van der Waals surface area (Å²) >= 11 is 0. The van der Waals surface area contributed by atoms with Crippen LogP contribution in [0, 0.1) is 13.8 Å². The van der Waals surface area contributed by atoms with E-state index in [1.54, 1.807) is 0 Å². The van der Waals surface area contributed by atoms with E-state index < -0.39 is 0 Å². The predicted molar refractivity (Wildman–Crippen MR) is 61.6 cm³/mol. The Bertz CT molecular complexity index is 266. The highest BCUT2D eigenvalue weighted by molar-refractivity contribution is 5.53. The molecule has 1 nitrogen and oxygen atoms in total. The molecule has 1 rings (SSSR count). The zero-order valence-corrected chi connectivity index (χ0v) is 8.39. The van der Waals surface area contributed by atoms with Gasteiger partial charge in [-0.2, -0.15) is 0 Å². The first kappa shape index (κ1) is 12.0. The lowest BCUT2D eigenvalue weighted by Gasteiger charge is -2.19. The Balaban J connectivity index is 0.00000144. The second kappa shape index (κ2) is 4.90. The van der Waals surface area contributed by atoms with E-state index in [0.717, 1.165) is 6.54 Å². The van der Waals surface area contributed by atoms with Gasteiger partial charge in [-0.25, -0.2) is 0 Å². The van der Waals surface area contributed by atoms with E-state index in [1.165, 1.54) is 16.8 Å². The maximum absolute atomic E-state index is 2.26. The van der Waals surface area contributed by atoms with Crippen LogP contribution < -0.4 is 4.90 Å². The smallest absolute Gasteiger partial charge is 0.0393 e. The van der Waals surface area contributed by atoms with Crippen molar-refractivity contribution in [3.8, 4) is 0 Å². The summed E-state index contributed by atoms with van der Waals surface area (Å²) in [5.74, 6) is 0. The molecule has 0 atom stereocenters. The number of hydrogen-bond donors (Lipinski definition) is 0. The summed E-state index contributed by atoms with van der Waals surface area (Å²) in [5, 5.41) is 0. The first-order chi connectivity index (χ1) is 5.65. The van der Waals surface area contributed by atoms with Gasteiger partial charge in [-0.1, -0.05) is 25.1 Å². The molecule has 0 unspecified atom stereocenters. The molecule has 0 aromatic heterocycles. The molecule has 0 fully saturated rings. The zero-order valence-electron chi connectivity index (χ0n) is 8.39. The van der Waals surface area contributed by atoms with Crippen LogP contribution in [-0.4, -0.2) is 13.6 Å². The Labute approximate surface area is 82.4 Å². The lowest BCUT2D eigenvalue weighted by Crippen LogP contribution is -2.16. The number of aryl methyl sites for hydroxylation is 2. The summed E-state index contributed by atoms with van der Waals surface area (Å²) in [5.41, 5.74) is 4.03. The van der Waals surface area contributed by atoms with Gasteiger partial charge in [0.05, 0.1) is 0 Å². The van der Waals surface area contributed by atoms with Crippen molar-refractivity contribution in [2.24, 2.45) is 0 Å². The van der Waals surface area contributed by atoms with Gasteiger partial charge >= 0.3 is 0 Å². The predicted octanol–water partition coefficient (Wildman–Crippen LogP) is 3.40. The monoisotopic (exact) mass is 179 g/mol. The van der Waals surface area contributed by atoms with Gasteiger partial charge in [-0.15, -0.1) is 0 Å². The number of benzene rings is 1. The van der Waals surface area contributed by atoms with Crippen LogP contribution in [0.4, 0.5) is 5.69 Å². The lowest BCUT2D eigenvalue weighted by molar-refractivity contribution is 0.960. The molecule has 0 amide bonds. The SMILES string of the molecule is C.CCN(C)c1ccc(C)cc1C. The quantitative estimate of drug-likeness (QED) is 0.672. The highest BCUT2D eigenvalue weighted by Gasteiger charge is 2.00. The second-order valence-corrected chi connectivity index (χ2v) is 3.30. The molecule has 0 aliphatic rings. The highest BCUT2D eigenvalue weighted by atomic mass is 15.1. The molecule has 0 saturated heterocycles. The molecule has 0 spiro atoms. The summed E-state index contributed by atoms with van der Waals surface area (Å²) in [6, 6.07) is 6.57. The number of nitrogens with zero attached hydrogens (tertiary/aromatic N) is 1. The minimum atomic E-state index is 0. The fourth-order valence-corrected chi connectivity index (χ4v) is 1.40. The van der Waals surface area contributed by atoms with E-state index in [4.69, 9.17) is 0 Å². The van der Waals surface area contributed by atoms with E-state index in [-0.39, 0.29) is 7.43 Å². The Morgan fingerprint density at radius 2 is 1.85 bits per heavy atom. The molecule has 0 heterocycles. The van der Waals surface area contributed by atoms with Crippen molar-refractivity contribution in [1.29, 1.82) is 0 Å². The van der Waals surface area contributed by atoms with Crippen molar-refractivity contribution in [1.82, 2.24) is 0 Å². The van der Waals surface area contributed by atoms with Gasteiger partial charge in [-0.3, -0.25) is 0 Å². The zero-order chi connectivity index (χ0) is 9.14. The molecule has 0 N–H and O–H groups in total. The number of anilines is 1. The van der Waals surface area contributed by atoms with Crippen LogP contribution in [0.2, 0.25) is 0 Å². The van der Waals surface area contributed by atoms with Crippen LogP contribution in [0.25, 0.3) is 0 Å². The van der Waals surface area contributed by atoms with Gasteiger partial charge in [0.1, 0.15) is 0 Å². The maximum Gasteiger partial charge on any atom is 0.0393 e. The number of hydrogen-bond acceptors (Lipinski definition) is 1. The fraction of sp³-hybridized carbons (Fsp3) is 0.500. The molecular weight excluding hydrogens is 158 g/mol. The summed E-state index contributed by atoms with van der Waals surface area (Å²) in [4.78, 5) is 2.26. The molecule has 0 aliphatic heterocycles. The topological polar surface area (TPSA) is 3.24 Å². The van der Waals surface area contributed by atoms with Crippen molar-refractivity contribution in [3.63, 3.8) is 0 Å². The van der Waals surface area contributed by atoms with Crippen LogP contribution in [0.1, 0.15) is 25.5 Å². The summed E-state index contributed by atoms with van der Waals surface area (Å²) < 4.78 is 0. The fourth-order valence-electron chi connectivity index (χ4n) is 1.40. The molecule has 1 aromatic carbocycles. The lowest BCUT2D eigenvalue weighted by atomic mass is 10.1. The van der Waals surface area contributed by atoms with E-state index in [1.807, 2.05) is 0 Å². The van der Waals surface area contributed by atoms with Gasteiger partial charge in [0.15, 0.2) is 0 Å².